The maximum atomic E-state index is 5.78. The van der Waals surface area contributed by atoms with Crippen molar-refractivity contribution >= 4 is 38.4 Å². The molecule has 1 nitrogen and oxygen atoms in total. The van der Waals surface area contributed by atoms with Crippen molar-refractivity contribution in [2.24, 2.45) is 0 Å². The van der Waals surface area contributed by atoms with Gasteiger partial charge in [0.1, 0.15) is 0 Å². The minimum absolute atomic E-state index is 0.463. The number of aromatic nitrogens is 1. The molecular formula is C11H9BrClN. The Bertz CT molecular complexity index is 456. The van der Waals surface area contributed by atoms with Gasteiger partial charge in [-0.3, -0.25) is 4.98 Å². The lowest BCUT2D eigenvalue weighted by Gasteiger charge is -2.05. The summed E-state index contributed by atoms with van der Waals surface area (Å²) in [5, 5.41) is 2.03. The molecule has 0 saturated carbocycles. The molecule has 0 unspecified atom stereocenters. The van der Waals surface area contributed by atoms with Crippen LogP contribution in [0.3, 0.4) is 0 Å². The van der Waals surface area contributed by atoms with Crippen molar-refractivity contribution in [2.75, 3.05) is 0 Å². The van der Waals surface area contributed by atoms with Crippen LogP contribution < -0.4 is 0 Å². The second kappa shape index (κ2) is 4.28. The number of hydrogen-bond donors (Lipinski definition) is 0. The molecule has 0 spiro atoms. The minimum Gasteiger partial charge on any atom is -0.252 e. The van der Waals surface area contributed by atoms with Crippen LogP contribution in [0.4, 0.5) is 0 Å². The molecule has 0 bridgehead atoms. The van der Waals surface area contributed by atoms with Crippen LogP contribution in [0, 0.1) is 0 Å². The summed E-state index contributed by atoms with van der Waals surface area (Å²) in [7, 11) is 0. The van der Waals surface area contributed by atoms with Crippen molar-refractivity contribution in [3.8, 4) is 0 Å². The molecule has 0 radical (unpaired) electrons. The number of benzene rings is 1. The number of fused-ring (bicyclic) bond motifs is 1. The first-order chi connectivity index (χ1) is 6.85. The van der Waals surface area contributed by atoms with Gasteiger partial charge in [-0.05, 0) is 17.7 Å². The van der Waals surface area contributed by atoms with Crippen molar-refractivity contribution in [3.63, 3.8) is 0 Å². The van der Waals surface area contributed by atoms with Crippen molar-refractivity contribution in [2.45, 2.75) is 11.2 Å². The third-order valence-electron chi connectivity index (χ3n) is 2.14. The van der Waals surface area contributed by atoms with Gasteiger partial charge in [0.15, 0.2) is 0 Å². The molecule has 72 valence electrons. The van der Waals surface area contributed by atoms with E-state index in [0.717, 1.165) is 16.5 Å². The van der Waals surface area contributed by atoms with E-state index >= 15 is 0 Å². The van der Waals surface area contributed by atoms with Crippen molar-refractivity contribution < 1.29 is 0 Å². The first-order valence-corrected chi connectivity index (χ1v) is 6.00. The topological polar surface area (TPSA) is 12.9 Å². The van der Waals surface area contributed by atoms with Gasteiger partial charge in [-0.15, -0.1) is 11.6 Å². The van der Waals surface area contributed by atoms with Gasteiger partial charge < -0.3 is 0 Å². The largest absolute Gasteiger partial charge is 0.252 e. The average molecular weight is 271 g/mol. The summed E-state index contributed by atoms with van der Waals surface area (Å²) in [6, 6.07) is 10.2. The number of nitrogens with zero attached hydrogens (tertiary/aromatic N) is 1. The number of hydrogen-bond acceptors (Lipinski definition) is 1. The standard InChI is InChI=1S/C11H9BrClN/c12-6-8-5-9(7-13)14-11-4-2-1-3-10(8)11/h1-5H,6-7H2. The first kappa shape index (κ1) is 9.94. The Morgan fingerprint density at radius 2 is 2.07 bits per heavy atom. The lowest BCUT2D eigenvalue weighted by Crippen LogP contribution is -1.91. The monoisotopic (exact) mass is 269 g/mol. The molecule has 1 aromatic carbocycles. The molecule has 0 amide bonds. The fraction of sp³-hybridized carbons (Fsp3) is 0.182. The fourth-order valence-corrected chi connectivity index (χ4v) is 2.09. The van der Waals surface area contributed by atoms with Crippen molar-refractivity contribution in [1.29, 1.82) is 0 Å². The Morgan fingerprint density at radius 1 is 1.29 bits per heavy atom. The third-order valence-corrected chi connectivity index (χ3v) is 3.01. The zero-order chi connectivity index (χ0) is 9.97. The van der Waals surface area contributed by atoms with Gasteiger partial charge >= 0.3 is 0 Å². The van der Waals surface area contributed by atoms with Crippen LogP contribution in [0.15, 0.2) is 30.3 Å². The molecule has 0 aliphatic carbocycles. The minimum atomic E-state index is 0.463. The summed E-state index contributed by atoms with van der Waals surface area (Å²) in [5.41, 5.74) is 3.19. The summed E-state index contributed by atoms with van der Waals surface area (Å²) in [5.74, 6) is 0.463. The highest BCUT2D eigenvalue weighted by Crippen LogP contribution is 2.21. The molecule has 0 aliphatic rings. The predicted octanol–water partition coefficient (Wildman–Crippen LogP) is 3.87. The maximum Gasteiger partial charge on any atom is 0.0708 e. The summed E-state index contributed by atoms with van der Waals surface area (Å²) in [6.07, 6.45) is 0. The van der Waals surface area contributed by atoms with E-state index in [1.54, 1.807) is 0 Å². The molecule has 3 heteroatoms. The van der Waals surface area contributed by atoms with E-state index in [9.17, 15) is 0 Å². The van der Waals surface area contributed by atoms with E-state index in [1.807, 2.05) is 24.3 Å². The molecule has 14 heavy (non-hydrogen) atoms. The molecule has 0 atom stereocenters. The van der Waals surface area contributed by atoms with Crippen LogP contribution in [-0.2, 0) is 11.2 Å². The van der Waals surface area contributed by atoms with E-state index in [2.05, 4.69) is 27.0 Å². The number of rotatable bonds is 2. The number of halogens is 2. The van der Waals surface area contributed by atoms with Crippen LogP contribution in [0.1, 0.15) is 11.3 Å². The summed E-state index contributed by atoms with van der Waals surface area (Å²) in [4.78, 5) is 4.45. The van der Waals surface area contributed by atoms with Crippen LogP contribution in [0.5, 0.6) is 0 Å². The van der Waals surface area contributed by atoms with Gasteiger partial charge in [-0.1, -0.05) is 34.1 Å². The van der Waals surface area contributed by atoms with Crippen LogP contribution in [-0.4, -0.2) is 4.98 Å². The zero-order valence-corrected chi connectivity index (χ0v) is 9.85. The molecular weight excluding hydrogens is 261 g/mol. The lowest BCUT2D eigenvalue weighted by molar-refractivity contribution is 1.20. The van der Waals surface area contributed by atoms with Crippen molar-refractivity contribution in [1.82, 2.24) is 4.98 Å². The second-order valence-electron chi connectivity index (χ2n) is 3.06. The van der Waals surface area contributed by atoms with Gasteiger partial charge in [-0.2, -0.15) is 0 Å². The number of para-hydroxylation sites is 1. The van der Waals surface area contributed by atoms with Crippen LogP contribution in [0.2, 0.25) is 0 Å². The molecule has 0 aliphatic heterocycles. The summed E-state index contributed by atoms with van der Waals surface area (Å²) < 4.78 is 0. The number of pyridine rings is 1. The SMILES string of the molecule is ClCc1cc(CBr)c2ccccc2n1. The second-order valence-corrected chi connectivity index (χ2v) is 3.89. The average Bonchev–Trinajstić information content (AvgIpc) is 2.27. The molecule has 0 N–H and O–H groups in total. The van der Waals surface area contributed by atoms with Gasteiger partial charge in [0.25, 0.3) is 0 Å². The number of alkyl halides is 2. The van der Waals surface area contributed by atoms with E-state index in [0.29, 0.717) is 5.88 Å². The Balaban J connectivity index is 2.73. The highest BCUT2D eigenvalue weighted by molar-refractivity contribution is 9.08. The van der Waals surface area contributed by atoms with Gasteiger partial charge in [0, 0.05) is 10.7 Å². The Hall–Kier alpha value is -0.600. The lowest BCUT2D eigenvalue weighted by atomic mass is 10.1. The highest BCUT2D eigenvalue weighted by atomic mass is 79.9. The Kier molecular flexibility index (Phi) is 3.04. The highest BCUT2D eigenvalue weighted by Gasteiger charge is 2.03. The van der Waals surface area contributed by atoms with E-state index < -0.39 is 0 Å². The third kappa shape index (κ3) is 1.77. The predicted molar refractivity (Wildman–Crippen MR) is 63.9 cm³/mol. The van der Waals surface area contributed by atoms with Crippen LogP contribution in [0.25, 0.3) is 10.9 Å². The Labute approximate surface area is 96.2 Å². The Morgan fingerprint density at radius 3 is 2.79 bits per heavy atom. The van der Waals surface area contributed by atoms with E-state index in [1.165, 1.54) is 10.9 Å². The van der Waals surface area contributed by atoms with Crippen LogP contribution >= 0.6 is 27.5 Å². The maximum absolute atomic E-state index is 5.78. The molecule has 1 aromatic heterocycles. The normalized spacial score (nSPS) is 10.7. The van der Waals surface area contributed by atoms with E-state index in [-0.39, 0.29) is 0 Å². The molecule has 1 heterocycles. The molecule has 0 fully saturated rings. The quantitative estimate of drug-likeness (QED) is 0.755. The smallest absolute Gasteiger partial charge is 0.0708 e. The molecule has 2 rings (SSSR count). The van der Waals surface area contributed by atoms with Gasteiger partial charge in [0.05, 0.1) is 17.1 Å². The first-order valence-electron chi connectivity index (χ1n) is 4.34. The molecule has 0 saturated heterocycles. The van der Waals surface area contributed by atoms with Gasteiger partial charge in [0.2, 0.25) is 0 Å². The zero-order valence-electron chi connectivity index (χ0n) is 7.50. The van der Waals surface area contributed by atoms with Crippen molar-refractivity contribution in [3.05, 3.63) is 41.6 Å². The fourth-order valence-electron chi connectivity index (χ4n) is 1.49. The molecule has 2 aromatic rings. The van der Waals surface area contributed by atoms with E-state index in [4.69, 9.17) is 11.6 Å². The van der Waals surface area contributed by atoms with Gasteiger partial charge in [-0.25, -0.2) is 0 Å². The summed E-state index contributed by atoms with van der Waals surface area (Å²) >= 11 is 9.25. The summed E-state index contributed by atoms with van der Waals surface area (Å²) in [6.45, 7) is 0.